The van der Waals surface area contributed by atoms with Crippen molar-refractivity contribution in [2.75, 3.05) is 6.54 Å². The van der Waals surface area contributed by atoms with Gasteiger partial charge < -0.3 is 10.0 Å². The van der Waals surface area contributed by atoms with E-state index in [2.05, 4.69) is 4.98 Å². The minimum absolute atomic E-state index is 0.0946. The number of rotatable bonds is 3. The van der Waals surface area contributed by atoms with Gasteiger partial charge in [-0.15, -0.1) is 0 Å². The van der Waals surface area contributed by atoms with Crippen LogP contribution in [-0.2, 0) is 16.1 Å². The van der Waals surface area contributed by atoms with E-state index in [1.807, 2.05) is 37.3 Å². The van der Waals surface area contributed by atoms with Gasteiger partial charge in [-0.3, -0.25) is 14.6 Å². The van der Waals surface area contributed by atoms with Crippen LogP contribution >= 0.6 is 0 Å². The topological polar surface area (TPSA) is 70.5 Å². The molecule has 1 saturated heterocycles. The zero-order valence-corrected chi connectivity index (χ0v) is 11.7. The molecular weight excluding hydrogens is 268 g/mol. The maximum atomic E-state index is 12.0. The fourth-order valence-corrected chi connectivity index (χ4v) is 2.82. The van der Waals surface area contributed by atoms with Crippen LogP contribution in [0.3, 0.4) is 0 Å². The van der Waals surface area contributed by atoms with Crippen LogP contribution in [0.1, 0.15) is 17.7 Å². The van der Waals surface area contributed by atoms with Gasteiger partial charge in [0.2, 0.25) is 5.91 Å². The van der Waals surface area contributed by atoms with Crippen LogP contribution in [-0.4, -0.2) is 33.4 Å². The van der Waals surface area contributed by atoms with Crippen LogP contribution in [0.25, 0.3) is 10.9 Å². The molecule has 1 N–H and O–H groups in total. The average Bonchev–Trinajstić information content (AvgIpc) is 2.80. The summed E-state index contributed by atoms with van der Waals surface area (Å²) < 4.78 is 0. The summed E-state index contributed by atoms with van der Waals surface area (Å²) in [6.07, 6.45) is 0.0946. The van der Waals surface area contributed by atoms with E-state index in [1.165, 1.54) is 0 Å². The van der Waals surface area contributed by atoms with E-state index in [0.717, 1.165) is 22.2 Å². The molecule has 1 aliphatic heterocycles. The fourth-order valence-electron chi connectivity index (χ4n) is 2.82. The Morgan fingerprint density at radius 1 is 1.43 bits per heavy atom. The molecule has 0 saturated carbocycles. The standard InChI is InChI=1S/C16H16N2O3/c1-10-6-11(13-4-2-3-5-14(13)17-10)8-18-9-12(16(20)21)7-15(18)19/h2-6,12H,7-9H2,1H3,(H,20,21). The minimum atomic E-state index is -0.901. The minimum Gasteiger partial charge on any atom is -0.481 e. The Balaban J connectivity index is 1.92. The highest BCUT2D eigenvalue weighted by Gasteiger charge is 2.34. The van der Waals surface area contributed by atoms with Crippen molar-refractivity contribution in [3.63, 3.8) is 0 Å². The van der Waals surface area contributed by atoms with E-state index >= 15 is 0 Å². The van der Waals surface area contributed by atoms with Crippen LogP contribution < -0.4 is 0 Å². The zero-order valence-electron chi connectivity index (χ0n) is 11.7. The van der Waals surface area contributed by atoms with Gasteiger partial charge in [-0.25, -0.2) is 0 Å². The number of likely N-dealkylation sites (tertiary alicyclic amines) is 1. The Kier molecular flexibility index (Phi) is 3.33. The average molecular weight is 284 g/mol. The lowest BCUT2D eigenvalue weighted by Gasteiger charge is -2.17. The fraction of sp³-hybridized carbons (Fsp3) is 0.312. The second kappa shape index (κ2) is 5.16. The molecule has 0 radical (unpaired) electrons. The van der Waals surface area contributed by atoms with E-state index in [4.69, 9.17) is 5.11 Å². The summed E-state index contributed by atoms with van der Waals surface area (Å²) in [5.74, 6) is -1.59. The predicted molar refractivity (Wildman–Crippen MR) is 77.6 cm³/mol. The summed E-state index contributed by atoms with van der Waals surface area (Å²) >= 11 is 0. The Bertz CT molecular complexity index is 727. The van der Waals surface area contributed by atoms with Gasteiger partial charge in [0.25, 0.3) is 0 Å². The third-order valence-corrected chi connectivity index (χ3v) is 3.85. The van der Waals surface area contributed by atoms with Crippen LogP contribution in [0.5, 0.6) is 0 Å². The molecule has 21 heavy (non-hydrogen) atoms. The van der Waals surface area contributed by atoms with Crippen molar-refractivity contribution in [1.29, 1.82) is 0 Å². The van der Waals surface area contributed by atoms with Crippen LogP contribution in [0, 0.1) is 12.8 Å². The molecule has 1 amide bonds. The number of amides is 1. The van der Waals surface area contributed by atoms with E-state index in [1.54, 1.807) is 4.90 Å². The lowest BCUT2D eigenvalue weighted by atomic mass is 10.1. The molecule has 5 heteroatoms. The van der Waals surface area contributed by atoms with Gasteiger partial charge in [0.15, 0.2) is 0 Å². The number of nitrogens with zero attached hydrogens (tertiary/aromatic N) is 2. The molecular formula is C16H16N2O3. The van der Waals surface area contributed by atoms with Crippen LogP contribution in [0.2, 0.25) is 0 Å². The van der Waals surface area contributed by atoms with Crippen molar-refractivity contribution in [2.24, 2.45) is 5.92 Å². The molecule has 0 bridgehead atoms. The Labute approximate surface area is 122 Å². The molecule has 0 aliphatic carbocycles. The third kappa shape index (κ3) is 2.59. The number of hydrogen-bond acceptors (Lipinski definition) is 3. The quantitative estimate of drug-likeness (QED) is 0.935. The number of pyridine rings is 1. The number of benzene rings is 1. The number of fused-ring (bicyclic) bond motifs is 1. The first-order chi connectivity index (χ1) is 10.0. The Morgan fingerprint density at radius 3 is 2.90 bits per heavy atom. The molecule has 1 aliphatic rings. The Hall–Kier alpha value is -2.43. The first-order valence-electron chi connectivity index (χ1n) is 6.90. The lowest BCUT2D eigenvalue weighted by Crippen LogP contribution is -2.26. The predicted octanol–water partition coefficient (Wildman–Crippen LogP) is 1.98. The highest BCUT2D eigenvalue weighted by Crippen LogP contribution is 2.24. The molecule has 5 nitrogen and oxygen atoms in total. The summed E-state index contributed by atoms with van der Waals surface area (Å²) in [6, 6.07) is 9.75. The van der Waals surface area contributed by atoms with Gasteiger partial charge in [0.05, 0.1) is 11.4 Å². The molecule has 1 aromatic carbocycles. The van der Waals surface area contributed by atoms with Crippen molar-refractivity contribution in [1.82, 2.24) is 9.88 Å². The van der Waals surface area contributed by atoms with Gasteiger partial charge in [0.1, 0.15) is 0 Å². The van der Waals surface area contributed by atoms with Crippen molar-refractivity contribution in [3.05, 3.63) is 41.6 Å². The summed E-state index contributed by atoms with van der Waals surface area (Å²) in [5, 5.41) is 10.1. The molecule has 0 spiro atoms. The Morgan fingerprint density at radius 2 is 2.19 bits per heavy atom. The van der Waals surface area contributed by atoms with Crippen molar-refractivity contribution in [2.45, 2.75) is 19.9 Å². The third-order valence-electron chi connectivity index (χ3n) is 3.85. The number of para-hydroxylation sites is 1. The van der Waals surface area contributed by atoms with Gasteiger partial charge in [0, 0.05) is 30.6 Å². The second-order valence-electron chi connectivity index (χ2n) is 5.45. The summed E-state index contributed by atoms with van der Waals surface area (Å²) in [6.45, 7) is 2.64. The molecule has 1 atom stereocenters. The molecule has 2 aromatic rings. The number of aromatic nitrogens is 1. The maximum Gasteiger partial charge on any atom is 0.308 e. The molecule has 2 heterocycles. The first-order valence-corrected chi connectivity index (χ1v) is 6.90. The molecule has 3 rings (SSSR count). The molecule has 108 valence electrons. The van der Waals surface area contributed by atoms with E-state index < -0.39 is 11.9 Å². The highest BCUT2D eigenvalue weighted by molar-refractivity contribution is 5.87. The number of carbonyl (C=O) groups is 2. The van der Waals surface area contributed by atoms with Crippen molar-refractivity contribution >= 4 is 22.8 Å². The van der Waals surface area contributed by atoms with Crippen molar-refractivity contribution in [3.8, 4) is 0 Å². The van der Waals surface area contributed by atoms with Crippen molar-refractivity contribution < 1.29 is 14.7 Å². The maximum absolute atomic E-state index is 12.0. The number of aliphatic carboxylic acids is 1. The molecule has 1 aromatic heterocycles. The zero-order chi connectivity index (χ0) is 15.0. The summed E-state index contributed by atoms with van der Waals surface area (Å²) in [4.78, 5) is 29.1. The molecule has 1 unspecified atom stereocenters. The van der Waals surface area contributed by atoms with Gasteiger partial charge in [-0.2, -0.15) is 0 Å². The number of carboxylic acids is 1. The largest absolute Gasteiger partial charge is 0.481 e. The van der Waals surface area contributed by atoms with E-state index in [-0.39, 0.29) is 18.9 Å². The number of aryl methyl sites for hydroxylation is 1. The van der Waals surface area contributed by atoms with Gasteiger partial charge in [-0.1, -0.05) is 18.2 Å². The van der Waals surface area contributed by atoms with Crippen LogP contribution in [0.15, 0.2) is 30.3 Å². The highest BCUT2D eigenvalue weighted by atomic mass is 16.4. The summed E-state index contributed by atoms with van der Waals surface area (Å²) in [7, 11) is 0. The normalized spacial score (nSPS) is 18.4. The number of carboxylic acid groups (broad SMARTS) is 1. The van der Waals surface area contributed by atoms with Gasteiger partial charge >= 0.3 is 5.97 Å². The molecule has 1 fully saturated rings. The van der Waals surface area contributed by atoms with Gasteiger partial charge in [-0.05, 0) is 24.6 Å². The SMILES string of the molecule is Cc1cc(CN2CC(C(=O)O)CC2=O)c2ccccc2n1. The monoisotopic (exact) mass is 284 g/mol. The first kappa shape index (κ1) is 13.5. The van der Waals surface area contributed by atoms with E-state index in [9.17, 15) is 9.59 Å². The number of carbonyl (C=O) groups excluding carboxylic acids is 1. The second-order valence-corrected chi connectivity index (χ2v) is 5.45. The smallest absolute Gasteiger partial charge is 0.308 e. The van der Waals surface area contributed by atoms with E-state index in [0.29, 0.717) is 6.54 Å². The number of hydrogen-bond donors (Lipinski definition) is 1. The lowest BCUT2D eigenvalue weighted by molar-refractivity contribution is -0.141. The summed E-state index contributed by atoms with van der Waals surface area (Å²) in [5.41, 5.74) is 2.80. The van der Waals surface area contributed by atoms with Crippen LogP contribution in [0.4, 0.5) is 0 Å².